The molecule has 0 spiro atoms. The van der Waals surface area contributed by atoms with Gasteiger partial charge in [-0.05, 0) is 30.7 Å². The predicted molar refractivity (Wildman–Crippen MR) is 84.6 cm³/mol. The number of ether oxygens (including phenoxy) is 2. The number of rotatable bonds is 5. The van der Waals surface area contributed by atoms with Crippen molar-refractivity contribution in [2.75, 3.05) is 7.11 Å². The summed E-state index contributed by atoms with van der Waals surface area (Å²) in [5.41, 5.74) is 1.67. The maximum Gasteiger partial charge on any atom is 0.373 e. The molecule has 0 amide bonds. The zero-order valence-corrected chi connectivity index (χ0v) is 13.2. The first-order chi connectivity index (χ1) is 11.5. The van der Waals surface area contributed by atoms with E-state index in [1.54, 1.807) is 12.1 Å². The summed E-state index contributed by atoms with van der Waals surface area (Å²) in [4.78, 5) is 23.2. The van der Waals surface area contributed by atoms with Crippen LogP contribution in [0, 0.1) is 18.3 Å². The van der Waals surface area contributed by atoms with E-state index >= 15 is 0 Å². The average molecular weight is 325 g/mol. The third-order valence-electron chi connectivity index (χ3n) is 3.12. The first kappa shape index (κ1) is 17.0. The third kappa shape index (κ3) is 4.34. The van der Waals surface area contributed by atoms with Crippen molar-refractivity contribution in [3.8, 4) is 6.07 Å². The monoisotopic (exact) mass is 325 g/mol. The topological polar surface area (TPSA) is 89.5 Å². The number of methoxy groups -OCH3 is 1. The molecule has 6 nitrogen and oxygen atoms in total. The summed E-state index contributed by atoms with van der Waals surface area (Å²) in [6, 6.07) is 12.1. The molecule has 1 aromatic carbocycles. The van der Waals surface area contributed by atoms with Crippen LogP contribution in [0.2, 0.25) is 0 Å². The number of hydrogen-bond donors (Lipinski definition) is 0. The van der Waals surface area contributed by atoms with Gasteiger partial charge in [-0.3, -0.25) is 0 Å². The van der Waals surface area contributed by atoms with Crippen molar-refractivity contribution in [1.29, 1.82) is 5.26 Å². The molecular formula is C18H15NO5. The summed E-state index contributed by atoms with van der Waals surface area (Å²) in [5.74, 6) is -1.10. The molecule has 0 fully saturated rings. The molecule has 6 heteroatoms. The molecule has 1 aromatic heterocycles. The van der Waals surface area contributed by atoms with Crippen molar-refractivity contribution in [3.05, 3.63) is 64.6 Å². The van der Waals surface area contributed by atoms with Gasteiger partial charge in [-0.15, -0.1) is 0 Å². The Hall–Kier alpha value is -3.33. The second-order valence-electron chi connectivity index (χ2n) is 4.91. The molecule has 0 aliphatic heterocycles. The van der Waals surface area contributed by atoms with Gasteiger partial charge in [-0.1, -0.05) is 29.8 Å². The lowest BCUT2D eigenvalue weighted by molar-refractivity contribution is -0.140. The number of furan rings is 1. The predicted octanol–water partition coefficient (Wildman–Crippen LogP) is 3.03. The number of carbonyl (C=O) groups is 2. The molecule has 0 bridgehead atoms. The molecule has 122 valence electrons. The molecular weight excluding hydrogens is 310 g/mol. The van der Waals surface area contributed by atoms with Crippen LogP contribution >= 0.6 is 0 Å². The Morgan fingerprint density at radius 2 is 1.92 bits per heavy atom. The fourth-order valence-electron chi connectivity index (χ4n) is 1.85. The highest BCUT2D eigenvalue weighted by Crippen LogP contribution is 2.13. The van der Waals surface area contributed by atoms with Crippen LogP contribution < -0.4 is 0 Å². The number of benzene rings is 1. The van der Waals surface area contributed by atoms with Crippen LogP contribution in [0.1, 0.15) is 27.4 Å². The summed E-state index contributed by atoms with van der Waals surface area (Å²) in [7, 11) is 1.24. The minimum Gasteiger partial charge on any atom is -0.463 e. The van der Waals surface area contributed by atoms with Gasteiger partial charge in [0.25, 0.3) is 0 Å². The lowest BCUT2D eigenvalue weighted by Gasteiger charge is -2.02. The van der Waals surface area contributed by atoms with Gasteiger partial charge < -0.3 is 13.9 Å². The Balaban J connectivity index is 2.02. The van der Waals surface area contributed by atoms with Gasteiger partial charge >= 0.3 is 11.9 Å². The van der Waals surface area contributed by atoms with E-state index in [0.29, 0.717) is 0 Å². The normalized spacial score (nSPS) is 10.8. The van der Waals surface area contributed by atoms with Crippen LogP contribution in [0.4, 0.5) is 0 Å². The Bertz CT molecular complexity index is 809. The number of esters is 2. The molecule has 1 heterocycles. The van der Waals surface area contributed by atoms with Crippen molar-refractivity contribution in [1.82, 2.24) is 0 Å². The molecule has 2 aromatic rings. The average Bonchev–Trinajstić information content (AvgIpc) is 3.07. The third-order valence-corrected chi connectivity index (χ3v) is 3.12. The SMILES string of the molecule is COC(=O)c1ccc(COC(=O)/C(C#N)=C/c2ccc(C)cc2)o1. The zero-order valence-electron chi connectivity index (χ0n) is 13.2. The number of hydrogen-bond acceptors (Lipinski definition) is 6. The van der Waals surface area contributed by atoms with Crippen LogP contribution in [-0.2, 0) is 20.9 Å². The van der Waals surface area contributed by atoms with Crippen molar-refractivity contribution in [3.63, 3.8) is 0 Å². The summed E-state index contributed by atoms with van der Waals surface area (Å²) in [6.07, 6.45) is 1.45. The largest absolute Gasteiger partial charge is 0.463 e. The second-order valence-corrected chi connectivity index (χ2v) is 4.91. The fourth-order valence-corrected chi connectivity index (χ4v) is 1.85. The summed E-state index contributed by atoms with van der Waals surface area (Å²) < 4.78 is 14.7. The van der Waals surface area contributed by atoms with E-state index in [9.17, 15) is 9.59 Å². The van der Waals surface area contributed by atoms with Gasteiger partial charge in [0.15, 0.2) is 0 Å². The first-order valence-electron chi connectivity index (χ1n) is 7.06. The van der Waals surface area contributed by atoms with Crippen LogP contribution in [0.3, 0.4) is 0 Å². The van der Waals surface area contributed by atoms with Gasteiger partial charge in [0.2, 0.25) is 5.76 Å². The van der Waals surface area contributed by atoms with E-state index in [0.717, 1.165) is 11.1 Å². The van der Waals surface area contributed by atoms with E-state index in [2.05, 4.69) is 4.74 Å². The number of aryl methyl sites for hydroxylation is 1. The smallest absolute Gasteiger partial charge is 0.373 e. The molecule has 0 unspecified atom stereocenters. The van der Waals surface area contributed by atoms with Crippen molar-refractivity contribution in [2.45, 2.75) is 13.5 Å². The maximum atomic E-state index is 12.0. The zero-order chi connectivity index (χ0) is 17.5. The molecule has 0 aliphatic rings. The quantitative estimate of drug-likeness (QED) is 0.477. The first-order valence-corrected chi connectivity index (χ1v) is 7.06. The Labute approximate surface area is 138 Å². The molecule has 0 saturated carbocycles. The minimum absolute atomic E-state index is 0.0132. The van der Waals surface area contributed by atoms with E-state index in [1.807, 2.05) is 25.1 Å². The Morgan fingerprint density at radius 1 is 1.21 bits per heavy atom. The molecule has 0 N–H and O–H groups in total. The molecule has 2 rings (SSSR count). The Morgan fingerprint density at radius 3 is 2.54 bits per heavy atom. The number of nitriles is 1. The fraction of sp³-hybridized carbons (Fsp3) is 0.167. The highest BCUT2D eigenvalue weighted by atomic mass is 16.5. The van der Waals surface area contributed by atoms with E-state index in [1.165, 1.54) is 25.3 Å². The molecule has 0 atom stereocenters. The number of carbonyl (C=O) groups excluding carboxylic acids is 2. The van der Waals surface area contributed by atoms with Gasteiger partial charge in [0.05, 0.1) is 7.11 Å². The minimum atomic E-state index is -0.769. The van der Waals surface area contributed by atoms with Crippen molar-refractivity contribution in [2.24, 2.45) is 0 Å². The molecule has 0 saturated heterocycles. The van der Waals surface area contributed by atoms with Crippen LogP contribution in [0.25, 0.3) is 6.08 Å². The highest BCUT2D eigenvalue weighted by Gasteiger charge is 2.14. The van der Waals surface area contributed by atoms with Gasteiger partial charge in [-0.2, -0.15) is 5.26 Å². The summed E-state index contributed by atoms with van der Waals surface area (Å²) >= 11 is 0. The van der Waals surface area contributed by atoms with E-state index < -0.39 is 11.9 Å². The summed E-state index contributed by atoms with van der Waals surface area (Å²) in [5, 5.41) is 9.11. The van der Waals surface area contributed by atoms with Gasteiger partial charge in [0, 0.05) is 0 Å². The maximum absolute atomic E-state index is 12.0. The van der Waals surface area contributed by atoms with Crippen LogP contribution in [0.5, 0.6) is 0 Å². The van der Waals surface area contributed by atoms with Gasteiger partial charge in [0.1, 0.15) is 24.0 Å². The van der Waals surface area contributed by atoms with E-state index in [4.69, 9.17) is 14.4 Å². The lowest BCUT2D eigenvalue weighted by Crippen LogP contribution is -2.06. The summed E-state index contributed by atoms with van der Waals surface area (Å²) in [6.45, 7) is 1.75. The van der Waals surface area contributed by atoms with Crippen LogP contribution in [-0.4, -0.2) is 19.0 Å². The second kappa shape index (κ2) is 7.79. The van der Waals surface area contributed by atoms with E-state index in [-0.39, 0.29) is 23.7 Å². The van der Waals surface area contributed by atoms with Crippen LogP contribution in [0.15, 0.2) is 46.4 Å². The Kier molecular flexibility index (Phi) is 5.53. The van der Waals surface area contributed by atoms with Crippen molar-refractivity contribution >= 4 is 18.0 Å². The molecule has 24 heavy (non-hydrogen) atoms. The molecule has 0 radical (unpaired) electrons. The standard InChI is InChI=1S/C18H15NO5/c1-12-3-5-13(6-4-12)9-14(10-19)17(20)23-11-15-7-8-16(24-15)18(21)22-2/h3-9H,11H2,1-2H3/b14-9+. The lowest BCUT2D eigenvalue weighted by atomic mass is 10.1. The van der Waals surface area contributed by atoms with Crippen molar-refractivity contribution < 1.29 is 23.5 Å². The van der Waals surface area contributed by atoms with Gasteiger partial charge in [-0.25, -0.2) is 9.59 Å². The highest BCUT2D eigenvalue weighted by molar-refractivity contribution is 5.97. The number of nitrogens with zero attached hydrogens (tertiary/aromatic N) is 1. The molecule has 0 aliphatic carbocycles.